The molecule has 0 saturated carbocycles. The van der Waals surface area contributed by atoms with Crippen LogP contribution in [0.2, 0.25) is 0 Å². The van der Waals surface area contributed by atoms with Gasteiger partial charge < -0.3 is 4.57 Å². The van der Waals surface area contributed by atoms with Crippen LogP contribution in [0.3, 0.4) is 0 Å². The summed E-state index contributed by atoms with van der Waals surface area (Å²) in [6.07, 6.45) is 16.2. The fourth-order valence-corrected chi connectivity index (χ4v) is 2.97. The number of imidazole rings is 1. The number of hydroxylamine groups is 1. The van der Waals surface area contributed by atoms with Gasteiger partial charge in [-0.2, -0.15) is 0 Å². The van der Waals surface area contributed by atoms with Crippen molar-refractivity contribution in [3.63, 3.8) is 0 Å². The predicted octanol–water partition coefficient (Wildman–Crippen LogP) is 4.98. The van der Waals surface area contributed by atoms with Crippen LogP contribution in [-0.4, -0.2) is 20.7 Å². The molecule has 1 aromatic carbocycles. The number of hydrogen-bond donors (Lipinski definition) is 2. The molecule has 2 N–H and O–H groups in total. The van der Waals surface area contributed by atoms with Crippen LogP contribution in [0.1, 0.15) is 45.0 Å². The number of allylic oxidation sites excluding steroid dienone is 6. The van der Waals surface area contributed by atoms with Crippen molar-refractivity contribution in [1.82, 2.24) is 15.0 Å². The molecule has 0 unspecified atom stereocenters. The van der Waals surface area contributed by atoms with Gasteiger partial charge in [0.25, 0.3) is 5.91 Å². The van der Waals surface area contributed by atoms with Crippen molar-refractivity contribution in [2.75, 3.05) is 0 Å². The molecule has 0 aliphatic rings. The van der Waals surface area contributed by atoms with Crippen LogP contribution in [0, 0.1) is 0 Å². The number of rotatable bonds is 9. The Balaban J connectivity index is 2.32. The minimum absolute atomic E-state index is 0.555. The monoisotopic (exact) mass is 379 g/mol. The summed E-state index contributed by atoms with van der Waals surface area (Å²) in [5, 5.41) is 8.60. The Morgan fingerprint density at radius 3 is 2.82 bits per heavy atom. The van der Waals surface area contributed by atoms with E-state index in [0.717, 1.165) is 48.2 Å². The van der Waals surface area contributed by atoms with Gasteiger partial charge in [-0.1, -0.05) is 42.0 Å². The summed E-state index contributed by atoms with van der Waals surface area (Å²) in [7, 11) is 0. The van der Waals surface area contributed by atoms with Crippen LogP contribution >= 0.6 is 0 Å². The minimum Gasteiger partial charge on any atom is -0.328 e. The number of nitrogens with one attached hydrogen (secondary N) is 1. The topological polar surface area (TPSA) is 67.2 Å². The Labute approximate surface area is 166 Å². The summed E-state index contributed by atoms with van der Waals surface area (Å²) < 4.78 is 2.28. The molecule has 0 bridgehead atoms. The lowest BCUT2D eigenvalue weighted by Crippen LogP contribution is -2.14. The van der Waals surface area contributed by atoms with E-state index in [0.29, 0.717) is 0 Å². The molecule has 0 saturated heterocycles. The number of hydrogen-bond acceptors (Lipinski definition) is 3. The first-order valence-corrected chi connectivity index (χ1v) is 9.60. The second-order valence-corrected chi connectivity index (χ2v) is 6.63. The lowest BCUT2D eigenvalue weighted by atomic mass is 10.1. The second-order valence-electron chi connectivity index (χ2n) is 6.63. The maximum Gasteiger partial charge on any atom is 0.267 e. The standard InChI is InChI=1S/C23H29N3O2/c1-4-6-8-16-26-21-13-11-19(12-15-23(27)25-28)17-20(21)24-22(26)14-10-18(3)9-7-5-2/h4-7,9,11-13,15,17,28H,8,10,14,16H2,1-3H3,(H,25,27)/b6-4+,7-5-,15-12+,18-9+. The molecule has 0 fully saturated rings. The van der Waals surface area contributed by atoms with E-state index < -0.39 is 5.91 Å². The number of aromatic nitrogens is 2. The predicted molar refractivity (Wildman–Crippen MR) is 115 cm³/mol. The van der Waals surface area contributed by atoms with E-state index in [9.17, 15) is 4.79 Å². The van der Waals surface area contributed by atoms with Gasteiger partial charge in [0, 0.05) is 19.0 Å². The average molecular weight is 380 g/mol. The van der Waals surface area contributed by atoms with Gasteiger partial charge in [-0.3, -0.25) is 10.0 Å². The third kappa shape index (κ3) is 6.06. The van der Waals surface area contributed by atoms with E-state index in [4.69, 9.17) is 10.2 Å². The number of fused-ring (bicyclic) bond motifs is 1. The van der Waals surface area contributed by atoms with Gasteiger partial charge in [0.05, 0.1) is 11.0 Å². The van der Waals surface area contributed by atoms with Crippen molar-refractivity contribution in [2.45, 2.75) is 46.6 Å². The highest BCUT2D eigenvalue weighted by atomic mass is 16.5. The number of carbonyl (C=O) groups is 1. The summed E-state index contributed by atoms with van der Waals surface area (Å²) in [6.45, 7) is 7.07. The molecule has 5 heteroatoms. The highest BCUT2D eigenvalue weighted by Gasteiger charge is 2.11. The van der Waals surface area contributed by atoms with E-state index in [2.05, 4.69) is 35.8 Å². The molecule has 1 aromatic heterocycles. The van der Waals surface area contributed by atoms with Gasteiger partial charge in [0.2, 0.25) is 0 Å². The Kier molecular flexibility index (Phi) is 8.43. The molecule has 1 heterocycles. The SMILES string of the molecule is C/C=C\C=C(/C)CCc1nc2cc(/C=C/C(=O)NO)ccc2n1CC/C=C/C. The molecule has 148 valence electrons. The highest BCUT2D eigenvalue weighted by Crippen LogP contribution is 2.21. The zero-order valence-electron chi connectivity index (χ0n) is 16.9. The number of aryl methyl sites for hydroxylation is 2. The third-order valence-corrected chi connectivity index (χ3v) is 4.46. The molecule has 0 atom stereocenters. The second kappa shape index (κ2) is 11.0. The summed E-state index contributed by atoms with van der Waals surface area (Å²) in [5.41, 5.74) is 5.79. The van der Waals surface area contributed by atoms with Crippen molar-refractivity contribution in [3.05, 3.63) is 71.6 Å². The molecule has 5 nitrogen and oxygen atoms in total. The van der Waals surface area contributed by atoms with E-state index in [-0.39, 0.29) is 0 Å². The lowest BCUT2D eigenvalue weighted by molar-refractivity contribution is -0.124. The number of amides is 1. The lowest BCUT2D eigenvalue weighted by Gasteiger charge is -2.08. The van der Waals surface area contributed by atoms with Crippen molar-refractivity contribution >= 4 is 23.0 Å². The van der Waals surface area contributed by atoms with Gasteiger partial charge in [-0.25, -0.2) is 10.5 Å². The minimum atomic E-state index is -0.555. The fourth-order valence-electron chi connectivity index (χ4n) is 2.97. The normalized spacial score (nSPS) is 12.8. The quantitative estimate of drug-likeness (QED) is 0.212. The van der Waals surface area contributed by atoms with Crippen molar-refractivity contribution in [3.8, 4) is 0 Å². The largest absolute Gasteiger partial charge is 0.328 e. The van der Waals surface area contributed by atoms with Crippen LogP contribution in [0.15, 0.2) is 60.2 Å². The number of benzene rings is 1. The van der Waals surface area contributed by atoms with Crippen LogP contribution in [0.4, 0.5) is 0 Å². The molecule has 1 amide bonds. The molecule has 0 spiro atoms. The van der Waals surface area contributed by atoms with Crippen LogP contribution in [-0.2, 0) is 17.8 Å². The van der Waals surface area contributed by atoms with E-state index in [1.54, 1.807) is 11.6 Å². The van der Waals surface area contributed by atoms with E-state index in [1.807, 2.05) is 38.1 Å². The first kappa shape index (κ1) is 21.4. The fraction of sp³-hybridized carbons (Fsp3) is 0.304. The maximum absolute atomic E-state index is 11.2. The van der Waals surface area contributed by atoms with Crippen molar-refractivity contribution < 1.29 is 10.0 Å². The van der Waals surface area contributed by atoms with Crippen LogP contribution in [0.5, 0.6) is 0 Å². The molecule has 2 aromatic rings. The van der Waals surface area contributed by atoms with E-state index >= 15 is 0 Å². The molecular weight excluding hydrogens is 350 g/mol. The Hall–Kier alpha value is -2.92. The van der Waals surface area contributed by atoms with Gasteiger partial charge in [-0.15, -0.1) is 0 Å². The number of carbonyl (C=O) groups excluding carboxylic acids is 1. The molecule has 0 aliphatic heterocycles. The van der Waals surface area contributed by atoms with Gasteiger partial charge in [0.15, 0.2) is 0 Å². The zero-order valence-corrected chi connectivity index (χ0v) is 16.9. The van der Waals surface area contributed by atoms with E-state index in [1.165, 1.54) is 11.6 Å². The van der Waals surface area contributed by atoms with Gasteiger partial charge >= 0.3 is 0 Å². The maximum atomic E-state index is 11.2. The highest BCUT2D eigenvalue weighted by molar-refractivity contribution is 5.91. The van der Waals surface area contributed by atoms with Crippen LogP contribution in [0.25, 0.3) is 17.1 Å². The zero-order chi connectivity index (χ0) is 20.4. The Bertz CT molecular complexity index is 917. The Morgan fingerprint density at radius 1 is 1.29 bits per heavy atom. The molecular formula is C23H29N3O2. The summed E-state index contributed by atoms with van der Waals surface area (Å²) in [6, 6.07) is 5.97. The molecule has 2 rings (SSSR count). The van der Waals surface area contributed by atoms with Crippen molar-refractivity contribution in [1.29, 1.82) is 0 Å². The van der Waals surface area contributed by atoms with Crippen molar-refractivity contribution in [2.24, 2.45) is 0 Å². The molecule has 28 heavy (non-hydrogen) atoms. The Morgan fingerprint density at radius 2 is 2.11 bits per heavy atom. The number of nitrogens with zero attached hydrogens (tertiary/aromatic N) is 2. The smallest absolute Gasteiger partial charge is 0.267 e. The first-order valence-electron chi connectivity index (χ1n) is 9.60. The van der Waals surface area contributed by atoms with Gasteiger partial charge in [0.1, 0.15) is 5.82 Å². The third-order valence-electron chi connectivity index (χ3n) is 4.46. The molecule has 0 radical (unpaired) electrons. The summed E-state index contributed by atoms with van der Waals surface area (Å²) in [4.78, 5) is 16.1. The average Bonchev–Trinajstić information content (AvgIpc) is 3.05. The van der Waals surface area contributed by atoms with Gasteiger partial charge in [-0.05, 0) is 57.4 Å². The van der Waals surface area contributed by atoms with Crippen LogP contribution < -0.4 is 5.48 Å². The molecule has 0 aliphatic carbocycles. The first-order chi connectivity index (χ1) is 13.6. The summed E-state index contributed by atoms with van der Waals surface area (Å²) in [5.74, 6) is 0.517. The summed E-state index contributed by atoms with van der Waals surface area (Å²) >= 11 is 0.